The molecular weight excluding hydrogens is 230 g/mol. The first kappa shape index (κ1) is 16.2. The molecule has 0 saturated heterocycles. The average Bonchev–Trinajstić information content (AvgIpc) is 2.38. The van der Waals surface area contributed by atoms with Crippen LogP contribution in [-0.2, 0) is 0 Å². The van der Waals surface area contributed by atoms with Crippen LogP contribution >= 0.6 is 0 Å². The second-order valence-electron chi connectivity index (χ2n) is 5.80. The van der Waals surface area contributed by atoms with Crippen molar-refractivity contribution in [1.29, 1.82) is 0 Å². The number of benzene rings is 1. The normalized spacial score (nSPS) is 12.7. The quantitative estimate of drug-likeness (QED) is 0.632. The van der Waals surface area contributed by atoms with Crippen molar-refractivity contribution in [2.45, 2.75) is 72.8 Å². The lowest BCUT2D eigenvalue weighted by molar-refractivity contribution is 0.472. The van der Waals surface area contributed by atoms with Gasteiger partial charge in [0.1, 0.15) is 0 Å². The molecule has 1 atom stereocenters. The van der Waals surface area contributed by atoms with E-state index in [1.54, 1.807) is 0 Å². The van der Waals surface area contributed by atoms with E-state index < -0.39 is 0 Å². The van der Waals surface area contributed by atoms with Gasteiger partial charge >= 0.3 is 0 Å². The molecule has 1 unspecified atom stereocenters. The van der Waals surface area contributed by atoms with E-state index in [1.807, 2.05) is 0 Å². The fraction of sp³-hybridized carbons (Fsp3) is 0.667. The Morgan fingerprint density at radius 3 is 2.21 bits per heavy atom. The molecule has 19 heavy (non-hydrogen) atoms. The fourth-order valence-electron chi connectivity index (χ4n) is 2.64. The summed E-state index contributed by atoms with van der Waals surface area (Å²) in [5, 5.41) is 3.73. The molecule has 0 amide bonds. The first-order valence-electron chi connectivity index (χ1n) is 7.91. The topological polar surface area (TPSA) is 12.0 Å². The highest BCUT2D eigenvalue weighted by Gasteiger charge is 2.13. The highest BCUT2D eigenvalue weighted by molar-refractivity contribution is 5.38. The van der Waals surface area contributed by atoms with Gasteiger partial charge in [0.15, 0.2) is 0 Å². The zero-order chi connectivity index (χ0) is 14.3. The van der Waals surface area contributed by atoms with Gasteiger partial charge < -0.3 is 5.32 Å². The molecule has 0 aliphatic carbocycles. The zero-order valence-electron chi connectivity index (χ0n) is 13.5. The maximum Gasteiger partial charge on any atom is 0.0322 e. The Labute approximate surface area is 119 Å². The number of unbranched alkanes of at least 4 members (excludes halogenated alkanes) is 2. The van der Waals surface area contributed by atoms with Crippen LogP contribution in [0.15, 0.2) is 12.1 Å². The molecule has 1 N–H and O–H groups in total. The van der Waals surface area contributed by atoms with Crippen LogP contribution in [0.5, 0.6) is 0 Å². The molecule has 1 heteroatoms. The average molecular weight is 261 g/mol. The molecule has 0 bridgehead atoms. The summed E-state index contributed by atoms with van der Waals surface area (Å²) in [6, 6.07) is 5.26. The SMILES string of the molecule is CCCCCC(NCCC)c1cc(C)c(C)cc1C. The van der Waals surface area contributed by atoms with Crippen molar-refractivity contribution in [3.8, 4) is 0 Å². The summed E-state index contributed by atoms with van der Waals surface area (Å²) in [7, 11) is 0. The lowest BCUT2D eigenvalue weighted by Gasteiger charge is -2.22. The van der Waals surface area contributed by atoms with Crippen molar-refractivity contribution >= 4 is 0 Å². The number of aryl methyl sites for hydroxylation is 3. The molecule has 1 aromatic rings. The van der Waals surface area contributed by atoms with E-state index in [1.165, 1.54) is 54.4 Å². The van der Waals surface area contributed by atoms with Gasteiger partial charge in [-0.05, 0) is 62.4 Å². The van der Waals surface area contributed by atoms with Gasteiger partial charge in [0.25, 0.3) is 0 Å². The summed E-state index contributed by atoms with van der Waals surface area (Å²) in [5.41, 5.74) is 5.77. The lowest BCUT2D eigenvalue weighted by Crippen LogP contribution is -2.23. The molecular formula is C18H31N. The summed E-state index contributed by atoms with van der Waals surface area (Å²) in [4.78, 5) is 0. The van der Waals surface area contributed by atoms with Gasteiger partial charge in [-0.2, -0.15) is 0 Å². The minimum atomic E-state index is 0.533. The molecule has 1 aromatic carbocycles. The first-order chi connectivity index (χ1) is 9.10. The van der Waals surface area contributed by atoms with Crippen molar-refractivity contribution in [2.75, 3.05) is 6.54 Å². The summed E-state index contributed by atoms with van der Waals surface area (Å²) in [6.07, 6.45) is 6.43. The van der Waals surface area contributed by atoms with Crippen molar-refractivity contribution < 1.29 is 0 Å². The second-order valence-corrected chi connectivity index (χ2v) is 5.80. The molecule has 0 aliphatic rings. The van der Waals surface area contributed by atoms with Gasteiger partial charge in [0.2, 0.25) is 0 Å². The molecule has 0 heterocycles. The van der Waals surface area contributed by atoms with E-state index >= 15 is 0 Å². The van der Waals surface area contributed by atoms with Gasteiger partial charge in [-0.1, -0.05) is 45.2 Å². The van der Waals surface area contributed by atoms with E-state index in [9.17, 15) is 0 Å². The molecule has 0 spiro atoms. The Balaban J connectivity index is 2.85. The maximum atomic E-state index is 3.73. The molecule has 108 valence electrons. The van der Waals surface area contributed by atoms with Gasteiger partial charge in [-0.15, -0.1) is 0 Å². The monoisotopic (exact) mass is 261 g/mol. The van der Waals surface area contributed by atoms with Gasteiger partial charge in [-0.25, -0.2) is 0 Å². The largest absolute Gasteiger partial charge is 0.310 e. The lowest BCUT2D eigenvalue weighted by atomic mass is 9.92. The Kier molecular flexibility index (Phi) is 7.15. The molecule has 1 rings (SSSR count). The third kappa shape index (κ3) is 4.99. The number of rotatable bonds is 8. The smallest absolute Gasteiger partial charge is 0.0322 e. The third-order valence-corrected chi connectivity index (χ3v) is 3.99. The van der Waals surface area contributed by atoms with Crippen LogP contribution in [0.4, 0.5) is 0 Å². The minimum Gasteiger partial charge on any atom is -0.310 e. The molecule has 1 nitrogen and oxygen atoms in total. The number of nitrogens with one attached hydrogen (secondary N) is 1. The van der Waals surface area contributed by atoms with Crippen LogP contribution in [0.2, 0.25) is 0 Å². The van der Waals surface area contributed by atoms with E-state index in [2.05, 4.69) is 52.1 Å². The van der Waals surface area contributed by atoms with Crippen molar-refractivity contribution in [2.24, 2.45) is 0 Å². The van der Waals surface area contributed by atoms with E-state index in [0.29, 0.717) is 6.04 Å². The Morgan fingerprint density at radius 1 is 0.895 bits per heavy atom. The van der Waals surface area contributed by atoms with Crippen LogP contribution in [0, 0.1) is 20.8 Å². The third-order valence-electron chi connectivity index (χ3n) is 3.99. The van der Waals surface area contributed by atoms with E-state index in [-0.39, 0.29) is 0 Å². The summed E-state index contributed by atoms with van der Waals surface area (Å²) < 4.78 is 0. The molecule has 0 saturated carbocycles. The standard InChI is InChI=1S/C18H31N/c1-6-8-9-10-18(19-11-7-2)17-13-15(4)14(3)12-16(17)5/h12-13,18-19H,6-11H2,1-5H3. The van der Waals surface area contributed by atoms with Crippen LogP contribution in [0.25, 0.3) is 0 Å². The zero-order valence-corrected chi connectivity index (χ0v) is 13.5. The van der Waals surface area contributed by atoms with Gasteiger partial charge in [0, 0.05) is 6.04 Å². The minimum absolute atomic E-state index is 0.533. The van der Waals surface area contributed by atoms with E-state index in [4.69, 9.17) is 0 Å². The summed E-state index contributed by atoms with van der Waals surface area (Å²) in [6.45, 7) is 12.3. The second kappa shape index (κ2) is 8.37. The van der Waals surface area contributed by atoms with Crippen LogP contribution in [0.1, 0.15) is 74.2 Å². The summed E-state index contributed by atoms with van der Waals surface area (Å²) in [5.74, 6) is 0. The number of hydrogen-bond acceptors (Lipinski definition) is 1. The maximum absolute atomic E-state index is 3.73. The Bertz CT molecular complexity index is 382. The fourth-order valence-corrected chi connectivity index (χ4v) is 2.64. The molecule has 0 aromatic heterocycles. The van der Waals surface area contributed by atoms with Gasteiger partial charge in [0.05, 0.1) is 0 Å². The van der Waals surface area contributed by atoms with Crippen molar-refractivity contribution in [1.82, 2.24) is 5.32 Å². The Hall–Kier alpha value is -0.820. The highest BCUT2D eigenvalue weighted by Crippen LogP contribution is 2.26. The van der Waals surface area contributed by atoms with Crippen molar-refractivity contribution in [3.05, 3.63) is 34.4 Å². The van der Waals surface area contributed by atoms with Gasteiger partial charge in [-0.3, -0.25) is 0 Å². The predicted octanol–water partition coefficient (Wildman–Crippen LogP) is 5.23. The number of hydrogen-bond donors (Lipinski definition) is 1. The Morgan fingerprint density at radius 2 is 1.58 bits per heavy atom. The molecule has 0 fully saturated rings. The van der Waals surface area contributed by atoms with Crippen LogP contribution in [-0.4, -0.2) is 6.54 Å². The predicted molar refractivity (Wildman–Crippen MR) is 85.8 cm³/mol. The molecule has 0 radical (unpaired) electrons. The van der Waals surface area contributed by atoms with E-state index in [0.717, 1.165) is 6.54 Å². The van der Waals surface area contributed by atoms with Crippen LogP contribution < -0.4 is 5.32 Å². The summed E-state index contributed by atoms with van der Waals surface area (Å²) >= 11 is 0. The molecule has 0 aliphatic heterocycles. The van der Waals surface area contributed by atoms with Crippen LogP contribution in [0.3, 0.4) is 0 Å². The first-order valence-corrected chi connectivity index (χ1v) is 7.91. The van der Waals surface area contributed by atoms with Crippen molar-refractivity contribution in [3.63, 3.8) is 0 Å². The highest BCUT2D eigenvalue weighted by atomic mass is 14.9.